The Labute approximate surface area is 254 Å². The van der Waals surface area contributed by atoms with Crippen molar-refractivity contribution >= 4 is 35.1 Å². The minimum absolute atomic E-state index is 0.122. The Morgan fingerprint density at radius 1 is 1.05 bits per heavy atom. The number of carboxylic acid groups (broad SMARTS) is 1. The first-order chi connectivity index (χ1) is 20.8. The fourth-order valence-electron chi connectivity index (χ4n) is 4.64. The second kappa shape index (κ2) is 13.6. The lowest BCUT2D eigenvalue weighted by Gasteiger charge is -2.17. The number of aromatic nitrogens is 3. The van der Waals surface area contributed by atoms with Crippen LogP contribution in [0.1, 0.15) is 35.0 Å². The van der Waals surface area contributed by atoms with Gasteiger partial charge in [0, 0.05) is 18.8 Å². The van der Waals surface area contributed by atoms with Gasteiger partial charge in [-0.2, -0.15) is 13.2 Å². The van der Waals surface area contributed by atoms with Crippen LogP contribution in [0.4, 0.5) is 24.8 Å². The third kappa shape index (κ3) is 7.72. The van der Waals surface area contributed by atoms with E-state index in [0.29, 0.717) is 37.4 Å². The van der Waals surface area contributed by atoms with Gasteiger partial charge in [0.05, 0.1) is 5.69 Å². The molecule has 10 nitrogen and oxygen atoms in total. The fraction of sp³-hybridized carbons (Fsp3) is 0.233. The summed E-state index contributed by atoms with van der Waals surface area (Å²) in [7, 11) is 0. The van der Waals surface area contributed by atoms with E-state index in [0.717, 1.165) is 27.9 Å². The molecule has 0 unspecified atom stereocenters. The number of anilines is 2. The maximum atomic E-state index is 13.4. The normalized spacial score (nSPS) is 13.8. The summed E-state index contributed by atoms with van der Waals surface area (Å²) in [5, 5.41) is 13.4. The van der Waals surface area contributed by atoms with Gasteiger partial charge in [-0.3, -0.25) is 14.2 Å². The van der Waals surface area contributed by atoms with E-state index in [2.05, 4.69) is 38.8 Å². The Kier molecular flexibility index (Phi) is 9.89. The van der Waals surface area contributed by atoms with Crippen LogP contribution in [0.2, 0.25) is 5.15 Å². The van der Waals surface area contributed by atoms with Crippen LogP contribution in [0.25, 0.3) is 11.1 Å². The number of rotatable bonds is 7. The average molecular weight is 629 g/mol. The molecule has 0 bridgehead atoms. The quantitative estimate of drug-likeness (QED) is 0.226. The van der Waals surface area contributed by atoms with Gasteiger partial charge in [-0.15, -0.1) is 0 Å². The molecule has 4 aromatic rings. The first kappa shape index (κ1) is 32.0. The van der Waals surface area contributed by atoms with Crippen LogP contribution in [-0.2, 0) is 29.1 Å². The number of hydrogen-bond donors (Lipinski definition) is 4. The van der Waals surface area contributed by atoms with Crippen molar-refractivity contribution in [1.29, 1.82) is 0 Å². The van der Waals surface area contributed by atoms with E-state index in [4.69, 9.17) is 27.2 Å². The zero-order chi connectivity index (χ0) is 32.0. The number of hydrogen-bond acceptors (Lipinski definition) is 7. The molecule has 1 atom stereocenters. The fourth-order valence-corrected chi connectivity index (χ4v) is 4.91. The van der Waals surface area contributed by atoms with Crippen LogP contribution in [-0.4, -0.2) is 37.7 Å². The van der Waals surface area contributed by atoms with Gasteiger partial charge in [-0.25, -0.2) is 14.8 Å². The molecule has 0 radical (unpaired) electrons. The summed E-state index contributed by atoms with van der Waals surface area (Å²) in [5.74, 6) is -2.46. The van der Waals surface area contributed by atoms with Gasteiger partial charge < -0.3 is 21.5 Å². The number of fused-ring (bicyclic) bond motifs is 1. The topological polar surface area (TPSA) is 152 Å². The van der Waals surface area contributed by atoms with Crippen LogP contribution < -0.4 is 21.9 Å². The average Bonchev–Trinajstić information content (AvgIpc) is 3.45. The van der Waals surface area contributed by atoms with Gasteiger partial charge in [0.15, 0.2) is 11.0 Å². The molecule has 0 fully saturated rings. The Balaban J connectivity index is 0.000000566. The van der Waals surface area contributed by atoms with Gasteiger partial charge in [-0.05, 0) is 54.2 Å². The molecule has 1 aliphatic heterocycles. The third-order valence-corrected chi connectivity index (χ3v) is 7.14. The summed E-state index contributed by atoms with van der Waals surface area (Å²) in [4.78, 5) is 43.9. The molecule has 0 saturated carbocycles. The molecule has 5 N–H and O–H groups in total. The maximum absolute atomic E-state index is 13.4. The van der Waals surface area contributed by atoms with E-state index < -0.39 is 18.2 Å². The molecule has 1 aliphatic rings. The second-order valence-corrected chi connectivity index (χ2v) is 10.2. The van der Waals surface area contributed by atoms with Gasteiger partial charge in [0.2, 0.25) is 5.91 Å². The molecule has 230 valence electrons. The van der Waals surface area contributed by atoms with Crippen molar-refractivity contribution in [2.24, 2.45) is 0 Å². The Bertz CT molecular complexity index is 1730. The van der Waals surface area contributed by atoms with Crippen LogP contribution in [0.15, 0.2) is 71.5 Å². The predicted octanol–water partition coefficient (Wildman–Crippen LogP) is 4.90. The van der Waals surface area contributed by atoms with Crippen molar-refractivity contribution in [3.63, 3.8) is 0 Å². The standard InChI is InChI=1S/C28H27ClN6O2.C2HF3O2/c1-17-21(10-13-24(30)33-17)16-32-27(36)23-12-11-22-25(29)34-26(28(37)35(22)23)31-15-18-6-5-9-20(14-18)19-7-3-2-4-8-19;3-2(4,5)1(6)7/h2-10,13-14,23H,11-12,15-16H2,1H3,(H2,30,33)(H,31,34)(H,32,36);(H,6,7)/t23-;/m0./s1. The van der Waals surface area contributed by atoms with E-state index in [1.807, 2.05) is 49.4 Å². The van der Waals surface area contributed by atoms with E-state index in [-0.39, 0.29) is 22.4 Å². The summed E-state index contributed by atoms with van der Waals surface area (Å²) in [5.41, 5.74) is 10.7. The number of amides is 1. The van der Waals surface area contributed by atoms with E-state index in [1.165, 1.54) is 4.57 Å². The summed E-state index contributed by atoms with van der Waals surface area (Å²) in [6, 6.07) is 21.0. The number of benzene rings is 2. The van der Waals surface area contributed by atoms with Crippen molar-refractivity contribution in [3.8, 4) is 11.1 Å². The molecule has 0 spiro atoms. The van der Waals surface area contributed by atoms with Crippen LogP contribution in [0.5, 0.6) is 0 Å². The zero-order valence-corrected chi connectivity index (χ0v) is 24.1. The number of aryl methyl sites for hydroxylation is 1. The molecule has 3 heterocycles. The number of carboxylic acids is 1. The number of nitrogens with one attached hydrogen (secondary N) is 2. The molecular formula is C30H28ClF3N6O4. The summed E-state index contributed by atoms with van der Waals surface area (Å²) in [6.45, 7) is 2.52. The van der Waals surface area contributed by atoms with E-state index >= 15 is 0 Å². The van der Waals surface area contributed by atoms with Crippen molar-refractivity contribution in [3.05, 3.63) is 105 Å². The van der Waals surface area contributed by atoms with Crippen molar-refractivity contribution in [2.45, 2.75) is 45.1 Å². The van der Waals surface area contributed by atoms with E-state index in [9.17, 15) is 22.8 Å². The van der Waals surface area contributed by atoms with Gasteiger partial charge >= 0.3 is 12.1 Å². The number of alkyl halides is 3. The van der Waals surface area contributed by atoms with Crippen molar-refractivity contribution in [1.82, 2.24) is 19.9 Å². The number of nitrogens with two attached hydrogens (primary N) is 1. The van der Waals surface area contributed by atoms with Crippen LogP contribution >= 0.6 is 11.6 Å². The molecule has 1 amide bonds. The third-order valence-electron chi connectivity index (χ3n) is 6.84. The number of aliphatic carboxylic acids is 1. The number of nitrogens with zero attached hydrogens (tertiary/aromatic N) is 3. The number of halogens is 4. The van der Waals surface area contributed by atoms with Crippen molar-refractivity contribution < 1.29 is 27.9 Å². The number of carbonyl (C=O) groups excluding carboxylic acids is 1. The smallest absolute Gasteiger partial charge is 0.475 e. The lowest BCUT2D eigenvalue weighted by Crippen LogP contribution is -2.36. The molecule has 5 rings (SSSR count). The summed E-state index contributed by atoms with van der Waals surface area (Å²) < 4.78 is 33.2. The molecule has 2 aromatic carbocycles. The SMILES string of the molecule is Cc1nc(N)ccc1CNC(=O)[C@@H]1CCc2c(Cl)nc(NCc3cccc(-c4ccccc4)c3)c(=O)n21.O=C(O)C(F)(F)F. The molecule has 44 heavy (non-hydrogen) atoms. The van der Waals surface area contributed by atoms with Gasteiger partial charge in [-0.1, -0.05) is 66.2 Å². The van der Waals surface area contributed by atoms with Crippen LogP contribution in [0.3, 0.4) is 0 Å². The molecule has 0 saturated heterocycles. The second-order valence-electron chi connectivity index (χ2n) is 9.85. The van der Waals surface area contributed by atoms with Gasteiger partial charge in [0.1, 0.15) is 11.9 Å². The highest BCUT2D eigenvalue weighted by atomic mass is 35.5. The lowest BCUT2D eigenvalue weighted by atomic mass is 10.0. The number of nitrogen functional groups attached to an aromatic ring is 1. The Morgan fingerprint density at radius 2 is 1.73 bits per heavy atom. The Morgan fingerprint density at radius 3 is 2.39 bits per heavy atom. The van der Waals surface area contributed by atoms with Gasteiger partial charge in [0.25, 0.3) is 5.56 Å². The Hall–Kier alpha value is -4.91. The molecule has 0 aliphatic carbocycles. The summed E-state index contributed by atoms with van der Waals surface area (Å²) in [6.07, 6.45) is -4.11. The maximum Gasteiger partial charge on any atom is 0.490 e. The molecular weight excluding hydrogens is 601 g/mol. The van der Waals surface area contributed by atoms with Crippen molar-refractivity contribution in [2.75, 3.05) is 11.1 Å². The highest BCUT2D eigenvalue weighted by molar-refractivity contribution is 6.30. The minimum Gasteiger partial charge on any atom is -0.475 e. The zero-order valence-electron chi connectivity index (χ0n) is 23.4. The minimum atomic E-state index is -5.08. The molecule has 14 heteroatoms. The highest BCUT2D eigenvalue weighted by Gasteiger charge is 2.38. The first-order valence-corrected chi connectivity index (χ1v) is 13.7. The highest BCUT2D eigenvalue weighted by Crippen LogP contribution is 2.29. The molecule has 2 aromatic heterocycles. The number of pyridine rings is 1. The lowest BCUT2D eigenvalue weighted by molar-refractivity contribution is -0.192. The number of carbonyl (C=O) groups is 2. The monoisotopic (exact) mass is 628 g/mol. The largest absolute Gasteiger partial charge is 0.490 e. The van der Waals surface area contributed by atoms with E-state index in [1.54, 1.807) is 6.07 Å². The predicted molar refractivity (Wildman–Crippen MR) is 159 cm³/mol. The van der Waals surface area contributed by atoms with Crippen LogP contribution in [0, 0.1) is 6.92 Å². The summed E-state index contributed by atoms with van der Waals surface area (Å²) >= 11 is 6.45. The first-order valence-electron chi connectivity index (χ1n) is 13.3.